The predicted octanol–water partition coefficient (Wildman–Crippen LogP) is 1.91. The molecule has 7 heteroatoms. The molecule has 7 nitrogen and oxygen atoms in total. The van der Waals surface area contributed by atoms with Gasteiger partial charge in [0.1, 0.15) is 0 Å². The molecule has 2 aromatic carbocycles. The normalized spacial score (nSPS) is 26.8. The number of rotatable bonds is 6. The van der Waals surface area contributed by atoms with Gasteiger partial charge in [-0.25, -0.2) is 0 Å². The molecule has 0 spiro atoms. The number of aliphatic hydroxyl groups excluding tert-OH is 2. The fourth-order valence-corrected chi connectivity index (χ4v) is 4.48. The monoisotopic (exact) mass is 400 g/mol. The Kier molecular flexibility index (Phi) is 4.95. The van der Waals surface area contributed by atoms with E-state index in [4.69, 9.17) is 23.7 Å². The van der Waals surface area contributed by atoms with Crippen molar-refractivity contribution in [3.63, 3.8) is 0 Å². The molecule has 0 bridgehead atoms. The molecule has 2 aromatic rings. The molecule has 2 N–H and O–H groups in total. The van der Waals surface area contributed by atoms with Gasteiger partial charge in [-0.2, -0.15) is 0 Å². The van der Waals surface area contributed by atoms with E-state index in [0.717, 1.165) is 34.1 Å². The summed E-state index contributed by atoms with van der Waals surface area (Å²) in [6.45, 7) is 0.417. The third-order valence-corrected chi connectivity index (χ3v) is 6.02. The average molecular weight is 400 g/mol. The highest BCUT2D eigenvalue weighted by Gasteiger charge is 2.43. The molecule has 3 aliphatic rings. The van der Waals surface area contributed by atoms with Crippen molar-refractivity contribution < 1.29 is 33.9 Å². The molecule has 1 saturated heterocycles. The highest BCUT2D eigenvalue weighted by Crippen LogP contribution is 2.39. The Balaban J connectivity index is 1.32. The second-order valence-corrected chi connectivity index (χ2v) is 7.69. The largest absolute Gasteiger partial charge is 0.454 e. The summed E-state index contributed by atoms with van der Waals surface area (Å²) in [4.78, 5) is 0. The minimum atomic E-state index is -0.184. The smallest absolute Gasteiger partial charge is 0.231 e. The summed E-state index contributed by atoms with van der Waals surface area (Å²) in [5, 5.41) is 20.0. The van der Waals surface area contributed by atoms with Crippen LogP contribution in [0.3, 0.4) is 0 Å². The number of benzene rings is 2. The van der Waals surface area contributed by atoms with Crippen LogP contribution < -0.4 is 18.9 Å². The van der Waals surface area contributed by atoms with E-state index in [9.17, 15) is 10.2 Å². The number of fused-ring (bicyclic) bond motifs is 2. The van der Waals surface area contributed by atoms with Crippen molar-refractivity contribution >= 4 is 0 Å². The second-order valence-electron chi connectivity index (χ2n) is 7.69. The van der Waals surface area contributed by atoms with E-state index >= 15 is 0 Å². The van der Waals surface area contributed by atoms with Crippen LogP contribution in [-0.2, 0) is 17.6 Å². The Labute approximate surface area is 168 Å². The number of hydrogen-bond donors (Lipinski definition) is 2. The van der Waals surface area contributed by atoms with Crippen LogP contribution in [0.2, 0.25) is 0 Å². The molecule has 0 aliphatic carbocycles. The first-order valence-electron chi connectivity index (χ1n) is 9.89. The van der Waals surface area contributed by atoms with Crippen molar-refractivity contribution in [2.75, 3.05) is 26.8 Å². The molecule has 0 radical (unpaired) electrons. The minimum absolute atomic E-state index is 0.0297. The van der Waals surface area contributed by atoms with E-state index in [0.29, 0.717) is 12.8 Å². The van der Waals surface area contributed by atoms with E-state index in [2.05, 4.69) is 0 Å². The molecule has 154 valence electrons. The van der Waals surface area contributed by atoms with Gasteiger partial charge in [-0.3, -0.25) is 0 Å². The SMILES string of the molecule is OC[C@@H]1[C@H](CO)[C@H](Cc2ccc3c(c2)OCO3)O[C@@H]1Cc1ccc2c(c1)OCO2. The highest BCUT2D eigenvalue weighted by molar-refractivity contribution is 5.45. The number of aliphatic hydroxyl groups is 2. The van der Waals surface area contributed by atoms with Gasteiger partial charge in [0.25, 0.3) is 0 Å². The first kappa shape index (κ1) is 18.5. The topological polar surface area (TPSA) is 86.6 Å². The Morgan fingerprint density at radius 2 is 1.10 bits per heavy atom. The maximum atomic E-state index is 10.0. The van der Waals surface area contributed by atoms with E-state index in [-0.39, 0.29) is 50.8 Å². The van der Waals surface area contributed by atoms with E-state index in [1.54, 1.807) is 0 Å². The number of ether oxygens (including phenoxy) is 5. The van der Waals surface area contributed by atoms with Gasteiger partial charge in [-0.15, -0.1) is 0 Å². The molecule has 5 rings (SSSR count). The van der Waals surface area contributed by atoms with Gasteiger partial charge < -0.3 is 33.9 Å². The molecule has 3 aliphatic heterocycles. The van der Waals surface area contributed by atoms with Crippen LogP contribution in [0.25, 0.3) is 0 Å². The zero-order chi connectivity index (χ0) is 19.8. The fourth-order valence-electron chi connectivity index (χ4n) is 4.48. The van der Waals surface area contributed by atoms with Gasteiger partial charge in [-0.1, -0.05) is 12.1 Å². The molecule has 1 fully saturated rings. The predicted molar refractivity (Wildman–Crippen MR) is 102 cm³/mol. The zero-order valence-electron chi connectivity index (χ0n) is 16.0. The Morgan fingerprint density at radius 3 is 1.55 bits per heavy atom. The van der Waals surface area contributed by atoms with Crippen molar-refractivity contribution in [1.82, 2.24) is 0 Å². The Morgan fingerprint density at radius 1 is 0.655 bits per heavy atom. The molecular weight excluding hydrogens is 376 g/mol. The maximum absolute atomic E-state index is 10.0. The molecular formula is C22H24O7. The first-order valence-corrected chi connectivity index (χ1v) is 9.89. The van der Waals surface area contributed by atoms with Crippen molar-refractivity contribution in [3.05, 3.63) is 47.5 Å². The van der Waals surface area contributed by atoms with Crippen LogP contribution in [-0.4, -0.2) is 49.2 Å². The minimum Gasteiger partial charge on any atom is -0.454 e. The van der Waals surface area contributed by atoms with Crippen molar-refractivity contribution in [1.29, 1.82) is 0 Å². The lowest BCUT2D eigenvalue weighted by Gasteiger charge is -2.20. The highest BCUT2D eigenvalue weighted by atomic mass is 16.7. The van der Waals surface area contributed by atoms with Gasteiger partial charge in [0.15, 0.2) is 23.0 Å². The molecule has 0 amide bonds. The van der Waals surface area contributed by atoms with E-state index in [1.807, 2.05) is 36.4 Å². The van der Waals surface area contributed by atoms with Gasteiger partial charge in [-0.05, 0) is 48.2 Å². The van der Waals surface area contributed by atoms with Crippen molar-refractivity contribution in [2.24, 2.45) is 11.8 Å². The molecule has 0 aromatic heterocycles. The first-order chi connectivity index (χ1) is 14.2. The van der Waals surface area contributed by atoms with Crippen LogP contribution >= 0.6 is 0 Å². The third kappa shape index (κ3) is 3.50. The lowest BCUT2D eigenvalue weighted by atomic mass is 9.84. The summed E-state index contributed by atoms with van der Waals surface area (Å²) in [6, 6.07) is 11.7. The zero-order valence-corrected chi connectivity index (χ0v) is 16.0. The van der Waals surface area contributed by atoms with Gasteiger partial charge in [0.05, 0.1) is 12.2 Å². The average Bonchev–Trinajstić information content (AvgIpc) is 3.45. The van der Waals surface area contributed by atoms with Crippen LogP contribution in [0.15, 0.2) is 36.4 Å². The van der Waals surface area contributed by atoms with Gasteiger partial charge in [0, 0.05) is 25.0 Å². The standard InChI is InChI=1S/C22H24O7/c23-9-15-16(10-24)20(6-14-2-4-18-22(8-14)28-12-26-18)29-19(15)5-13-1-3-17-21(7-13)27-11-25-17/h1-4,7-8,15-16,19-20,23-24H,5-6,9-12H2/t15-,16+,19-,20+. The van der Waals surface area contributed by atoms with Crippen LogP contribution in [0.5, 0.6) is 23.0 Å². The summed E-state index contributed by atoms with van der Waals surface area (Å²) < 4.78 is 28.0. The fraction of sp³-hybridized carbons (Fsp3) is 0.455. The van der Waals surface area contributed by atoms with E-state index in [1.165, 1.54) is 0 Å². The molecule has 0 saturated carbocycles. The quantitative estimate of drug-likeness (QED) is 0.766. The summed E-state index contributed by atoms with van der Waals surface area (Å²) in [6.07, 6.45) is 0.902. The molecule has 29 heavy (non-hydrogen) atoms. The van der Waals surface area contributed by atoms with Gasteiger partial charge in [0.2, 0.25) is 13.6 Å². The Bertz CT molecular complexity index is 812. The summed E-state index contributed by atoms with van der Waals surface area (Å²) in [5.74, 6) is 2.68. The molecule has 4 atom stereocenters. The van der Waals surface area contributed by atoms with Crippen molar-refractivity contribution in [3.8, 4) is 23.0 Å². The number of hydrogen-bond acceptors (Lipinski definition) is 7. The lowest BCUT2D eigenvalue weighted by Crippen LogP contribution is -2.29. The second kappa shape index (κ2) is 7.74. The molecule has 0 unspecified atom stereocenters. The van der Waals surface area contributed by atoms with Crippen LogP contribution in [0, 0.1) is 11.8 Å². The third-order valence-electron chi connectivity index (χ3n) is 6.02. The van der Waals surface area contributed by atoms with Gasteiger partial charge >= 0.3 is 0 Å². The lowest BCUT2D eigenvalue weighted by molar-refractivity contribution is 0.0214. The van der Waals surface area contributed by atoms with Crippen LogP contribution in [0.1, 0.15) is 11.1 Å². The van der Waals surface area contributed by atoms with Crippen molar-refractivity contribution in [2.45, 2.75) is 25.0 Å². The Hall–Kier alpha value is -2.48. The summed E-state index contributed by atoms with van der Waals surface area (Å²) in [7, 11) is 0. The summed E-state index contributed by atoms with van der Waals surface area (Å²) in [5.41, 5.74) is 2.11. The van der Waals surface area contributed by atoms with E-state index < -0.39 is 0 Å². The maximum Gasteiger partial charge on any atom is 0.231 e. The molecule has 3 heterocycles. The summed E-state index contributed by atoms with van der Waals surface area (Å²) >= 11 is 0. The van der Waals surface area contributed by atoms with Crippen LogP contribution in [0.4, 0.5) is 0 Å².